The molecule has 2 amide bonds. The Morgan fingerprint density at radius 3 is 2.41 bits per heavy atom. The Hall–Kier alpha value is -4.78. The quantitative estimate of drug-likeness (QED) is 0.332. The minimum absolute atomic E-state index is 0.0156. The van der Waals surface area contributed by atoms with Crippen molar-refractivity contribution in [3.63, 3.8) is 0 Å². The number of benzene rings is 4. The van der Waals surface area contributed by atoms with E-state index in [9.17, 15) is 9.59 Å². The number of hydrogen-bond acceptors (Lipinski definition) is 4. The molecule has 34 heavy (non-hydrogen) atoms. The molecule has 6 rings (SSSR count). The lowest BCUT2D eigenvalue weighted by Crippen LogP contribution is -2.26. The number of H-pyrrole nitrogens is 1. The Balaban J connectivity index is 1.21. The van der Waals surface area contributed by atoms with Crippen molar-refractivity contribution in [2.45, 2.75) is 6.54 Å². The number of nitrogen functional groups attached to an aromatic ring is 1. The zero-order valence-corrected chi connectivity index (χ0v) is 18.0. The smallest absolute Gasteiger partial charge is 0.295 e. The fourth-order valence-electron chi connectivity index (χ4n) is 4.49. The number of anilines is 2. The van der Waals surface area contributed by atoms with Gasteiger partial charge in [-0.1, -0.05) is 60.7 Å². The van der Waals surface area contributed by atoms with E-state index in [1.54, 1.807) is 17.0 Å². The van der Waals surface area contributed by atoms with Crippen LogP contribution >= 0.6 is 0 Å². The van der Waals surface area contributed by atoms with Crippen molar-refractivity contribution < 1.29 is 9.59 Å². The summed E-state index contributed by atoms with van der Waals surface area (Å²) in [6, 6.07) is 26.3. The number of nitrogens with two attached hydrogens (primary N) is 1. The highest BCUT2D eigenvalue weighted by atomic mass is 16.2. The third-order valence-electron chi connectivity index (χ3n) is 6.16. The third kappa shape index (κ3) is 3.14. The molecule has 3 N–H and O–H groups in total. The molecule has 0 bridgehead atoms. The van der Waals surface area contributed by atoms with Gasteiger partial charge in [-0.15, -0.1) is 10.2 Å². The highest BCUT2D eigenvalue weighted by Gasteiger charge is 2.29. The number of amides is 2. The lowest BCUT2D eigenvalue weighted by atomic mass is 10.1. The van der Waals surface area contributed by atoms with Crippen molar-refractivity contribution in [2.75, 3.05) is 10.6 Å². The first kappa shape index (κ1) is 19.9. The van der Waals surface area contributed by atoms with E-state index >= 15 is 0 Å². The summed E-state index contributed by atoms with van der Waals surface area (Å²) in [5.74, 6) is 0.450. The van der Waals surface area contributed by atoms with Crippen molar-refractivity contribution in [1.82, 2.24) is 4.98 Å². The number of aromatic amines is 1. The SMILES string of the molecule is Nc1[nH]c(N=NC(=O)c2ccc(CN3C(=O)c4cccc5cccc3c45)cc2)c2ccccc12. The van der Waals surface area contributed by atoms with E-state index < -0.39 is 5.91 Å². The van der Waals surface area contributed by atoms with Crippen molar-refractivity contribution >= 4 is 50.7 Å². The van der Waals surface area contributed by atoms with Gasteiger partial charge in [0.05, 0.1) is 12.2 Å². The fraction of sp³-hybridized carbons (Fsp3) is 0.0370. The Labute approximate surface area is 194 Å². The van der Waals surface area contributed by atoms with Gasteiger partial charge in [0.1, 0.15) is 5.82 Å². The Kier molecular flexibility index (Phi) is 4.48. The van der Waals surface area contributed by atoms with Crippen LogP contribution in [0.5, 0.6) is 0 Å². The average Bonchev–Trinajstić information content (AvgIpc) is 3.34. The van der Waals surface area contributed by atoms with Gasteiger partial charge in [0.15, 0.2) is 5.82 Å². The van der Waals surface area contributed by atoms with Gasteiger partial charge < -0.3 is 15.6 Å². The molecular weight excluding hydrogens is 426 g/mol. The summed E-state index contributed by atoms with van der Waals surface area (Å²) in [4.78, 5) is 30.3. The maximum Gasteiger partial charge on any atom is 0.295 e. The lowest BCUT2D eigenvalue weighted by Gasteiger charge is -2.18. The molecule has 7 nitrogen and oxygen atoms in total. The van der Waals surface area contributed by atoms with Crippen LogP contribution in [0.15, 0.2) is 95.2 Å². The fourth-order valence-corrected chi connectivity index (χ4v) is 4.49. The second-order valence-electron chi connectivity index (χ2n) is 8.21. The molecule has 4 aromatic carbocycles. The second kappa shape index (κ2) is 7.67. The largest absolute Gasteiger partial charge is 0.385 e. The number of fused-ring (bicyclic) bond motifs is 1. The van der Waals surface area contributed by atoms with Crippen LogP contribution in [0.25, 0.3) is 21.5 Å². The van der Waals surface area contributed by atoms with E-state index in [-0.39, 0.29) is 5.91 Å². The molecule has 0 aliphatic carbocycles. The van der Waals surface area contributed by atoms with E-state index in [4.69, 9.17) is 5.73 Å². The van der Waals surface area contributed by atoms with Gasteiger partial charge in [0, 0.05) is 27.3 Å². The van der Waals surface area contributed by atoms with Crippen LogP contribution in [0.1, 0.15) is 26.3 Å². The first-order valence-corrected chi connectivity index (χ1v) is 10.8. The van der Waals surface area contributed by atoms with E-state index in [0.29, 0.717) is 23.7 Å². The number of hydrogen-bond donors (Lipinski definition) is 2. The minimum Gasteiger partial charge on any atom is -0.385 e. The summed E-state index contributed by atoms with van der Waals surface area (Å²) in [5.41, 5.74) is 8.92. The molecule has 2 heterocycles. The molecule has 0 spiro atoms. The summed E-state index contributed by atoms with van der Waals surface area (Å²) >= 11 is 0. The van der Waals surface area contributed by atoms with E-state index in [1.807, 2.05) is 72.8 Å². The number of nitrogens with zero attached hydrogens (tertiary/aromatic N) is 3. The molecule has 1 aromatic heterocycles. The van der Waals surface area contributed by atoms with Crippen LogP contribution in [0.3, 0.4) is 0 Å². The molecule has 0 atom stereocenters. The van der Waals surface area contributed by atoms with Crippen molar-refractivity contribution in [3.8, 4) is 0 Å². The molecule has 164 valence electrons. The maximum absolute atomic E-state index is 13.0. The maximum atomic E-state index is 13.0. The third-order valence-corrected chi connectivity index (χ3v) is 6.16. The first-order chi connectivity index (χ1) is 16.6. The number of rotatable bonds is 4. The van der Waals surface area contributed by atoms with Gasteiger partial charge in [-0.25, -0.2) is 0 Å². The summed E-state index contributed by atoms with van der Waals surface area (Å²) in [6.07, 6.45) is 0. The second-order valence-corrected chi connectivity index (χ2v) is 8.21. The molecular formula is C27H19N5O2. The van der Waals surface area contributed by atoms with Gasteiger partial charge in [-0.3, -0.25) is 9.59 Å². The highest BCUT2D eigenvalue weighted by molar-refractivity contribution is 6.24. The minimum atomic E-state index is -0.460. The van der Waals surface area contributed by atoms with Crippen LogP contribution in [-0.2, 0) is 6.54 Å². The predicted molar refractivity (Wildman–Crippen MR) is 132 cm³/mol. The molecule has 7 heteroatoms. The number of carbonyl (C=O) groups is 2. The van der Waals surface area contributed by atoms with E-state index in [0.717, 1.165) is 38.4 Å². The average molecular weight is 445 g/mol. The Morgan fingerprint density at radius 1 is 0.882 bits per heavy atom. The summed E-state index contributed by atoms with van der Waals surface area (Å²) < 4.78 is 0. The monoisotopic (exact) mass is 445 g/mol. The number of carbonyl (C=O) groups excluding carboxylic acids is 2. The summed E-state index contributed by atoms with van der Waals surface area (Å²) in [7, 11) is 0. The first-order valence-electron chi connectivity index (χ1n) is 10.8. The summed E-state index contributed by atoms with van der Waals surface area (Å²) in [5, 5.41) is 11.6. The van der Waals surface area contributed by atoms with E-state index in [2.05, 4.69) is 15.2 Å². The molecule has 1 aliphatic rings. The molecule has 0 saturated heterocycles. The molecule has 0 fully saturated rings. The molecule has 0 unspecified atom stereocenters. The van der Waals surface area contributed by atoms with Gasteiger partial charge in [-0.05, 0) is 35.2 Å². The van der Waals surface area contributed by atoms with Crippen LogP contribution in [-0.4, -0.2) is 16.8 Å². The van der Waals surface area contributed by atoms with Gasteiger partial charge in [-0.2, -0.15) is 0 Å². The standard InChI is InChI=1S/C27H19N5O2/c28-24-19-7-1-2-8-20(19)25(29-24)30-31-26(33)18-13-11-16(12-14-18)15-32-22-10-4-6-17-5-3-9-21(23(17)22)27(32)34/h1-14,29H,15,28H2. The number of nitrogens with one attached hydrogen (secondary N) is 1. The van der Waals surface area contributed by atoms with Crippen molar-refractivity contribution in [1.29, 1.82) is 0 Å². The Morgan fingerprint density at radius 2 is 1.62 bits per heavy atom. The molecule has 1 aliphatic heterocycles. The molecule has 0 saturated carbocycles. The summed E-state index contributed by atoms with van der Waals surface area (Å²) in [6.45, 7) is 0.413. The zero-order valence-electron chi connectivity index (χ0n) is 18.0. The topological polar surface area (TPSA) is 104 Å². The van der Waals surface area contributed by atoms with Crippen LogP contribution in [0, 0.1) is 0 Å². The predicted octanol–water partition coefficient (Wildman–Crippen LogP) is 5.99. The Bertz CT molecular complexity index is 1630. The number of aromatic nitrogens is 1. The normalized spacial score (nSPS) is 12.9. The van der Waals surface area contributed by atoms with Crippen molar-refractivity contribution in [2.24, 2.45) is 10.2 Å². The lowest BCUT2D eigenvalue weighted by molar-refractivity contribution is 0.0984. The van der Waals surface area contributed by atoms with Crippen molar-refractivity contribution in [3.05, 3.63) is 102 Å². The van der Waals surface area contributed by atoms with Crippen LogP contribution < -0.4 is 10.6 Å². The zero-order chi connectivity index (χ0) is 23.2. The number of azo groups is 1. The van der Waals surface area contributed by atoms with Gasteiger partial charge in [0.25, 0.3) is 11.8 Å². The molecule has 0 radical (unpaired) electrons. The van der Waals surface area contributed by atoms with Gasteiger partial charge in [0.2, 0.25) is 0 Å². The van der Waals surface area contributed by atoms with E-state index in [1.165, 1.54) is 0 Å². The van der Waals surface area contributed by atoms with Crippen LogP contribution in [0.2, 0.25) is 0 Å². The molecule has 5 aromatic rings. The van der Waals surface area contributed by atoms with Crippen LogP contribution in [0.4, 0.5) is 17.3 Å². The highest BCUT2D eigenvalue weighted by Crippen LogP contribution is 2.38. The van der Waals surface area contributed by atoms with Gasteiger partial charge >= 0.3 is 0 Å².